The molecule has 4 heteroatoms. The number of hydrogen-bond donors (Lipinski definition) is 0. The van der Waals surface area contributed by atoms with E-state index in [1.807, 2.05) is 6.92 Å². The highest BCUT2D eigenvalue weighted by atomic mass is 16.8. The third-order valence-electron chi connectivity index (χ3n) is 3.49. The van der Waals surface area contributed by atoms with E-state index < -0.39 is 5.79 Å². The highest BCUT2D eigenvalue weighted by Crippen LogP contribution is 2.35. The molecule has 0 amide bonds. The van der Waals surface area contributed by atoms with Crippen molar-refractivity contribution in [3.63, 3.8) is 0 Å². The second-order valence-corrected chi connectivity index (χ2v) is 5.32. The van der Waals surface area contributed by atoms with Crippen LogP contribution in [0.5, 0.6) is 0 Å². The fourth-order valence-corrected chi connectivity index (χ4v) is 2.52. The fraction of sp³-hybridized carbons (Fsp3) is 0.923. The molecule has 0 radical (unpaired) electrons. The second kappa shape index (κ2) is 5.46. The summed E-state index contributed by atoms with van der Waals surface area (Å²) in [5.41, 5.74) is 0. The number of carbonyl (C=O) groups is 1. The molecule has 98 valence electrons. The van der Waals surface area contributed by atoms with Crippen LogP contribution in [0.1, 0.15) is 46.0 Å². The van der Waals surface area contributed by atoms with Gasteiger partial charge in [0.2, 0.25) is 0 Å². The summed E-state index contributed by atoms with van der Waals surface area (Å²) in [5, 5.41) is 0. The maximum Gasteiger partial charge on any atom is 0.192 e. The van der Waals surface area contributed by atoms with Gasteiger partial charge in [0.25, 0.3) is 0 Å². The molecule has 0 aromatic heterocycles. The predicted molar refractivity (Wildman–Crippen MR) is 62.4 cm³/mol. The summed E-state index contributed by atoms with van der Waals surface area (Å²) >= 11 is 0. The zero-order valence-corrected chi connectivity index (χ0v) is 10.7. The summed E-state index contributed by atoms with van der Waals surface area (Å²) in [6.07, 6.45) is 6.05. The number of ether oxygens (including phenoxy) is 3. The van der Waals surface area contributed by atoms with Gasteiger partial charge in [0.05, 0.1) is 0 Å². The summed E-state index contributed by atoms with van der Waals surface area (Å²) < 4.78 is 17.0. The number of ketones is 1. The van der Waals surface area contributed by atoms with Crippen LogP contribution in [0.4, 0.5) is 0 Å². The van der Waals surface area contributed by atoms with Gasteiger partial charge in [-0.2, -0.15) is 0 Å². The Labute approximate surface area is 103 Å². The summed E-state index contributed by atoms with van der Waals surface area (Å²) in [7, 11) is 0. The minimum Gasteiger partial charge on any atom is -0.347 e. The zero-order valence-electron chi connectivity index (χ0n) is 10.7. The average molecular weight is 242 g/mol. The van der Waals surface area contributed by atoms with Crippen molar-refractivity contribution in [1.29, 1.82) is 0 Å². The first-order valence-electron chi connectivity index (χ1n) is 6.52. The van der Waals surface area contributed by atoms with Crippen LogP contribution in [0.25, 0.3) is 0 Å². The normalized spacial score (nSPS) is 35.1. The third kappa shape index (κ3) is 3.50. The predicted octanol–water partition coefficient (Wildman–Crippen LogP) is 2.26. The maximum atomic E-state index is 10.9. The van der Waals surface area contributed by atoms with Crippen molar-refractivity contribution in [3.05, 3.63) is 0 Å². The monoisotopic (exact) mass is 242 g/mol. The molecule has 17 heavy (non-hydrogen) atoms. The Morgan fingerprint density at radius 2 is 2.06 bits per heavy atom. The SMILES string of the molecule is CC(=O)CO[C@@]1(C)CO[C@@H](C2CCCCC2)O1. The van der Waals surface area contributed by atoms with E-state index in [-0.39, 0.29) is 18.7 Å². The van der Waals surface area contributed by atoms with Gasteiger partial charge >= 0.3 is 0 Å². The van der Waals surface area contributed by atoms with Crippen molar-refractivity contribution < 1.29 is 19.0 Å². The van der Waals surface area contributed by atoms with Crippen LogP contribution in [0.15, 0.2) is 0 Å². The van der Waals surface area contributed by atoms with Crippen molar-refractivity contribution in [1.82, 2.24) is 0 Å². The molecule has 2 aliphatic rings. The molecule has 0 unspecified atom stereocenters. The zero-order chi connectivity index (χ0) is 12.3. The molecular formula is C13H22O4. The average Bonchev–Trinajstić information content (AvgIpc) is 2.72. The summed E-state index contributed by atoms with van der Waals surface area (Å²) in [5.74, 6) is -0.240. The molecular weight excluding hydrogens is 220 g/mol. The van der Waals surface area contributed by atoms with Crippen molar-refractivity contribution in [3.8, 4) is 0 Å². The molecule has 0 N–H and O–H groups in total. The van der Waals surface area contributed by atoms with Gasteiger partial charge in [-0.3, -0.25) is 4.79 Å². The minimum absolute atomic E-state index is 0.0101. The quantitative estimate of drug-likeness (QED) is 0.758. The van der Waals surface area contributed by atoms with Gasteiger partial charge in [-0.15, -0.1) is 0 Å². The number of hydrogen-bond acceptors (Lipinski definition) is 4. The van der Waals surface area contributed by atoms with Gasteiger partial charge in [0, 0.05) is 5.92 Å². The van der Waals surface area contributed by atoms with Crippen molar-refractivity contribution >= 4 is 5.78 Å². The van der Waals surface area contributed by atoms with E-state index in [9.17, 15) is 4.79 Å². The lowest BCUT2D eigenvalue weighted by Gasteiger charge is -2.28. The molecule has 1 aliphatic carbocycles. The summed E-state index contributed by atoms with van der Waals surface area (Å²) in [6, 6.07) is 0. The van der Waals surface area contributed by atoms with Crippen LogP contribution in [-0.4, -0.2) is 31.1 Å². The molecule has 0 bridgehead atoms. The molecule has 0 spiro atoms. The molecule has 0 aromatic rings. The number of carbonyl (C=O) groups excluding carboxylic acids is 1. The van der Waals surface area contributed by atoms with Crippen LogP contribution in [-0.2, 0) is 19.0 Å². The van der Waals surface area contributed by atoms with Crippen LogP contribution in [0, 0.1) is 5.92 Å². The van der Waals surface area contributed by atoms with E-state index in [2.05, 4.69) is 0 Å². The maximum absolute atomic E-state index is 10.9. The highest BCUT2D eigenvalue weighted by molar-refractivity contribution is 5.76. The van der Waals surface area contributed by atoms with Crippen molar-refractivity contribution in [2.75, 3.05) is 13.2 Å². The standard InChI is InChI=1S/C13H22O4/c1-10(14)8-16-13(2)9-15-12(17-13)11-6-4-3-5-7-11/h11-12H,3-9H2,1-2H3/t12-,13-/m1/s1. The Bertz CT molecular complexity index is 273. The van der Waals surface area contributed by atoms with Crippen LogP contribution >= 0.6 is 0 Å². The highest BCUT2D eigenvalue weighted by Gasteiger charge is 2.41. The molecule has 2 atom stereocenters. The first kappa shape index (κ1) is 13.0. The molecule has 0 aromatic carbocycles. The first-order valence-corrected chi connectivity index (χ1v) is 6.52. The van der Waals surface area contributed by atoms with Crippen LogP contribution < -0.4 is 0 Å². The van der Waals surface area contributed by atoms with Crippen molar-refractivity contribution in [2.24, 2.45) is 5.92 Å². The van der Waals surface area contributed by atoms with Gasteiger partial charge in [-0.1, -0.05) is 19.3 Å². The molecule has 2 rings (SSSR count). The topological polar surface area (TPSA) is 44.8 Å². The van der Waals surface area contributed by atoms with E-state index in [0.29, 0.717) is 12.5 Å². The molecule has 1 saturated carbocycles. The molecule has 4 nitrogen and oxygen atoms in total. The van der Waals surface area contributed by atoms with E-state index >= 15 is 0 Å². The Hall–Kier alpha value is -0.450. The van der Waals surface area contributed by atoms with E-state index in [1.54, 1.807) is 0 Å². The smallest absolute Gasteiger partial charge is 0.192 e. The lowest BCUT2D eigenvalue weighted by atomic mass is 9.89. The van der Waals surface area contributed by atoms with E-state index in [0.717, 1.165) is 0 Å². The molecule has 1 saturated heterocycles. The summed E-state index contributed by atoms with van der Waals surface area (Å²) in [6.45, 7) is 3.87. The second-order valence-electron chi connectivity index (χ2n) is 5.32. The van der Waals surface area contributed by atoms with Gasteiger partial charge in [-0.05, 0) is 26.7 Å². The summed E-state index contributed by atoms with van der Waals surface area (Å²) in [4.78, 5) is 10.9. The molecule has 1 heterocycles. The third-order valence-corrected chi connectivity index (χ3v) is 3.49. The van der Waals surface area contributed by atoms with E-state index in [4.69, 9.17) is 14.2 Å². The van der Waals surface area contributed by atoms with Crippen LogP contribution in [0.2, 0.25) is 0 Å². The van der Waals surface area contributed by atoms with Gasteiger partial charge < -0.3 is 14.2 Å². The fourth-order valence-electron chi connectivity index (χ4n) is 2.52. The lowest BCUT2D eigenvalue weighted by Crippen LogP contribution is -2.35. The Morgan fingerprint density at radius 1 is 1.35 bits per heavy atom. The van der Waals surface area contributed by atoms with Crippen molar-refractivity contribution in [2.45, 2.75) is 58.0 Å². The van der Waals surface area contributed by atoms with E-state index in [1.165, 1.54) is 39.0 Å². The number of rotatable bonds is 4. The van der Waals surface area contributed by atoms with Crippen LogP contribution in [0.3, 0.4) is 0 Å². The Balaban J connectivity index is 1.82. The van der Waals surface area contributed by atoms with Gasteiger partial charge in [-0.25, -0.2) is 0 Å². The Morgan fingerprint density at radius 3 is 2.71 bits per heavy atom. The molecule has 2 fully saturated rings. The number of Topliss-reactive ketones (excluding diaryl/α,β-unsaturated/α-hetero) is 1. The lowest BCUT2D eigenvalue weighted by molar-refractivity contribution is -0.224. The molecule has 1 aliphatic heterocycles. The largest absolute Gasteiger partial charge is 0.347 e. The Kier molecular flexibility index (Phi) is 4.17. The minimum atomic E-state index is -0.742. The van der Waals surface area contributed by atoms with Gasteiger partial charge in [0.1, 0.15) is 13.2 Å². The first-order chi connectivity index (χ1) is 8.09. The van der Waals surface area contributed by atoms with Gasteiger partial charge in [0.15, 0.2) is 17.9 Å².